The van der Waals surface area contributed by atoms with E-state index in [1.165, 1.54) is 6.07 Å². The van der Waals surface area contributed by atoms with Gasteiger partial charge in [-0.1, -0.05) is 18.2 Å². The third-order valence-electron chi connectivity index (χ3n) is 4.92. The molecule has 1 aliphatic rings. The van der Waals surface area contributed by atoms with Gasteiger partial charge in [0, 0.05) is 30.6 Å². The number of morpholine rings is 1. The predicted octanol–water partition coefficient (Wildman–Crippen LogP) is 2.71. The van der Waals surface area contributed by atoms with Crippen molar-refractivity contribution >= 4 is 5.91 Å². The summed E-state index contributed by atoms with van der Waals surface area (Å²) in [4.78, 5) is 18.6. The molecule has 4 rings (SSSR count). The van der Waals surface area contributed by atoms with Crippen molar-refractivity contribution in [3.63, 3.8) is 0 Å². The van der Waals surface area contributed by atoms with Crippen molar-refractivity contribution in [2.75, 3.05) is 26.3 Å². The van der Waals surface area contributed by atoms with Crippen LogP contribution in [0.3, 0.4) is 0 Å². The monoisotopic (exact) mass is 410 g/mol. The number of para-hydroxylation sites is 1. The molecule has 0 radical (unpaired) electrons. The summed E-state index contributed by atoms with van der Waals surface area (Å²) in [6.07, 6.45) is 2.22. The number of carbonyl (C=O) groups is 1. The number of pyridine rings is 1. The molecule has 0 saturated carbocycles. The predicted molar refractivity (Wildman–Crippen MR) is 107 cm³/mol. The van der Waals surface area contributed by atoms with Crippen molar-refractivity contribution < 1.29 is 18.7 Å². The summed E-state index contributed by atoms with van der Waals surface area (Å²) in [5.74, 6) is -0.125. The first-order valence-corrected chi connectivity index (χ1v) is 9.90. The van der Waals surface area contributed by atoms with Gasteiger partial charge in [-0.15, -0.1) is 0 Å². The van der Waals surface area contributed by atoms with Gasteiger partial charge < -0.3 is 14.4 Å². The van der Waals surface area contributed by atoms with Crippen LogP contribution in [0.1, 0.15) is 23.2 Å². The molecule has 1 N–H and O–H groups in total. The number of aromatic nitrogens is 3. The molecule has 3 aromatic rings. The molecule has 1 aliphatic heterocycles. The number of hydrogen-bond acceptors (Lipinski definition) is 5. The van der Waals surface area contributed by atoms with E-state index in [4.69, 9.17) is 9.47 Å². The Balaban J connectivity index is 1.30. The Bertz CT molecular complexity index is 979. The summed E-state index contributed by atoms with van der Waals surface area (Å²) in [5, 5.41) is 7.30. The molecule has 2 aromatic heterocycles. The lowest BCUT2D eigenvalue weighted by Crippen LogP contribution is -2.43. The lowest BCUT2D eigenvalue weighted by Gasteiger charge is -2.32. The van der Waals surface area contributed by atoms with Crippen molar-refractivity contribution in [1.82, 2.24) is 20.1 Å². The molecule has 0 bridgehead atoms. The topological polar surface area (TPSA) is 80.3 Å². The number of halogens is 1. The van der Waals surface area contributed by atoms with Crippen LogP contribution in [0.25, 0.3) is 0 Å². The van der Waals surface area contributed by atoms with Crippen LogP contribution in [-0.4, -0.2) is 52.3 Å². The molecular formula is C22H23FN4O3. The van der Waals surface area contributed by atoms with E-state index < -0.39 is 0 Å². The zero-order valence-electron chi connectivity index (χ0n) is 16.5. The van der Waals surface area contributed by atoms with Gasteiger partial charge in [-0.05, 0) is 30.3 Å². The second-order valence-corrected chi connectivity index (χ2v) is 7.04. The molecule has 0 spiro atoms. The number of benzene rings is 1. The third-order valence-corrected chi connectivity index (χ3v) is 4.92. The lowest BCUT2D eigenvalue weighted by molar-refractivity contribution is -0.138. The molecule has 1 amide bonds. The van der Waals surface area contributed by atoms with Crippen LogP contribution in [0.4, 0.5) is 4.39 Å². The van der Waals surface area contributed by atoms with Gasteiger partial charge in [0.1, 0.15) is 6.10 Å². The number of nitrogens with one attached hydrogen (secondary N) is 1. The van der Waals surface area contributed by atoms with E-state index in [2.05, 4.69) is 15.2 Å². The lowest BCUT2D eigenvalue weighted by atomic mass is 10.1. The summed E-state index contributed by atoms with van der Waals surface area (Å²) in [5.41, 5.74) is 2.36. The fourth-order valence-corrected chi connectivity index (χ4v) is 3.33. The molecule has 1 aromatic carbocycles. The molecule has 30 heavy (non-hydrogen) atoms. The Hall–Kier alpha value is -3.26. The highest BCUT2D eigenvalue weighted by atomic mass is 19.1. The number of aromatic amines is 1. The largest absolute Gasteiger partial charge is 0.490 e. The number of rotatable bonds is 7. The average molecular weight is 410 g/mol. The minimum absolute atomic E-state index is 0.0241. The van der Waals surface area contributed by atoms with Crippen LogP contribution in [-0.2, 0) is 22.4 Å². The Morgan fingerprint density at radius 3 is 2.97 bits per heavy atom. The smallest absolute Gasteiger partial charge is 0.228 e. The van der Waals surface area contributed by atoms with Crippen LogP contribution >= 0.6 is 0 Å². The van der Waals surface area contributed by atoms with E-state index in [0.29, 0.717) is 32.7 Å². The number of H-pyrrole nitrogens is 1. The second-order valence-electron chi connectivity index (χ2n) is 7.04. The van der Waals surface area contributed by atoms with E-state index >= 15 is 0 Å². The van der Waals surface area contributed by atoms with Gasteiger partial charge in [-0.2, -0.15) is 5.10 Å². The summed E-state index contributed by atoms with van der Waals surface area (Å²) in [6, 6.07) is 13.8. The standard InChI is InChI=1S/C22H23FN4O3/c23-18-6-1-2-7-20(18)29-11-8-17-13-19(26-25-17)21-15-27(10-12-30-21)22(28)14-16-5-3-4-9-24-16/h1-7,9,13,21H,8,10-12,14-15H2,(H,25,26). The van der Waals surface area contributed by atoms with Crippen molar-refractivity contribution in [2.24, 2.45) is 0 Å². The van der Waals surface area contributed by atoms with Crippen LogP contribution in [0.5, 0.6) is 5.75 Å². The van der Waals surface area contributed by atoms with Gasteiger partial charge in [0.05, 0.1) is 31.9 Å². The van der Waals surface area contributed by atoms with Gasteiger partial charge in [-0.3, -0.25) is 14.9 Å². The Labute approximate surface area is 173 Å². The van der Waals surface area contributed by atoms with E-state index in [1.807, 2.05) is 24.3 Å². The van der Waals surface area contributed by atoms with Crippen molar-refractivity contribution in [2.45, 2.75) is 18.9 Å². The zero-order chi connectivity index (χ0) is 20.8. The number of carbonyl (C=O) groups excluding carboxylic acids is 1. The first-order chi connectivity index (χ1) is 14.7. The molecule has 1 saturated heterocycles. The van der Waals surface area contributed by atoms with Gasteiger partial charge in [-0.25, -0.2) is 4.39 Å². The van der Waals surface area contributed by atoms with E-state index in [-0.39, 0.29) is 30.0 Å². The van der Waals surface area contributed by atoms with E-state index in [9.17, 15) is 9.18 Å². The highest BCUT2D eigenvalue weighted by Crippen LogP contribution is 2.22. The van der Waals surface area contributed by atoms with Crippen molar-refractivity contribution in [3.05, 3.63) is 77.6 Å². The molecule has 1 atom stereocenters. The average Bonchev–Trinajstić information content (AvgIpc) is 3.25. The van der Waals surface area contributed by atoms with Gasteiger partial charge >= 0.3 is 0 Å². The minimum atomic E-state index is -0.381. The Morgan fingerprint density at radius 1 is 1.27 bits per heavy atom. The summed E-state index contributed by atoms with van der Waals surface area (Å²) < 4.78 is 24.9. The number of hydrogen-bond donors (Lipinski definition) is 1. The van der Waals surface area contributed by atoms with Crippen molar-refractivity contribution in [1.29, 1.82) is 0 Å². The van der Waals surface area contributed by atoms with Crippen LogP contribution in [0.2, 0.25) is 0 Å². The minimum Gasteiger partial charge on any atom is -0.490 e. The van der Waals surface area contributed by atoms with Crippen molar-refractivity contribution in [3.8, 4) is 5.75 Å². The molecule has 1 fully saturated rings. The summed E-state index contributed by atoms with van der Waals surface area (Å²) in [7, 11) is 0. The highest BCUT2D eigenvalue weighted by molar-refractivity contribution is 5.78. The quantitative estimate of drug-likeness (QED) is 0.648. The van der Waals surface area contributed by atoms with E-state index in [0.717, 1.165) is 17.1 Å². The van der Waals surface area contributed by atoms with Crippen LogP contribution in [0.15, 0.2) is 54.7 Å². The Kier molecular flexibility index (Phi) is 6.34. The first kappa shape index (κ1) is 20.0. The Morgan fingerprint density at radius 2 is 2.13 bits per heavy atom. The molecule has 8 heteroatoms. The van der Waals surface area contributed by atoms with E-state index in [1.54, 1.807) is 29.3 Å². The second kappa shape index (κ2) is 9.49. The highest BCUT2D eigenvalue weighted by Gasteiger charge is 2.27. The summed E-state index contributed by atoms with van der Waals surface area (Å²) in [6.45, 7) is 1.78. The third kappa shape index (κ3) is 5.01. The summed E-state index contributed by atoms with van der Waals surface area (Å²) >= 11 is 0. The molecule has 1 unspecified atom stereocenters. The molecule has 3 heterocycles. The fourth-order valence-electron chi connectivity index (χ4n) is 3.33. The number of amides is 1. The molecular weight excluding hydrogens is 387 g/mol. The van der Waals surface area contributed by atoms with Gasteiger partial charge in [0.15, 0.2) is 11.6 Å². The maximum atomic E-state index is 13.6. The molecule has 7 nitrogen and oxygen atoms in total. The maximum absolute atomic E-state index is 13.6. The molecule has 156 valence electrons. The van der Waals surface area contributed by atoms with Crippen LogP contribution < -0.4 is 4.74 Å². The maximum Gasteiger partial charge on any atom is 0.228 e. The normalized spacial score (nSPS) is 16.4. The SMILES string of the molecule is O=C(Cc1ccccn1)N1CCOC(c2cc(CCOc3ccccc3F)[nH]n2)C1. The number of nitrogens with zero attached hydrogens (tertiary/aromatic N) is 3. The fraction of sp³-hybridized carbons (Fsp3) is 0.318. The first-order valence-electron chi connectivity index (χ1n) is 9.90. The van der Waals surface area contributed by atoms with Gasteiger partial charge in [0.25, 0.3) is 0 Å². The molecule has 0 aliphatic carbocycles. The zero-order valence-corrected chi connectivity index (χ0v) is 16.5. The number of ether oxygens (including phenoxy) is 2. The van der Waals surface area contributed by atoms with Gasteiger partial charge in [0.2, 0.25) is 5.91 Å². The van der Waals surface area contributed by atoms with Crippen LogP contribution in [0, 0.1) is 5.82 Å².